The van der Waals surface area contributed by atoms with Crippen LogP contribution in [0.4, 0.5) is 8.78 Å². The maximum Gasteiger partial charge on any atom is 0.305 e. The second-order valence-corrected chi connectivity index (χ2v) is 6.08. The maximum atomic E-state index is 14.1. The summed E-state index contributed by atoms with van der Waals surface area (Å²) >= 11 is 0. The molecule has 25 heavy (non-hydrogen) atoms. The molecule has 1 unspecified atom stereocenters. The Labute approximate surface area is 142 Å². The zero-order chi connectivity index (χ0) is 18.1. The summed E-state index contributed by atoms with van der Waals surface area (Å²) in [5.74, 6) is -3.54. The van der Waals surface area contributed by atoms with Crippen molar-refractivity contribution in [3.05, 3.63) is 46.8 Å². The number of hydrogen-bond acceptors (Lipinski definition) is 3. The third-order valence-corrected chi connectivity index (χ3v) is 4.16. The molecule has 0 spiro atoms. The number of fused-ring (bicyclic) bond motifs is 1. The fourth-order valence-electron chi connectivity index (χ4n) is 3.08. The van der Waals surface area contributed by atoms with E-state index in [4.69, 9.17) is 5.11 Å². The van der Waals surface area contributed by atoms with Gasteiger partial charge in [0.1, 0.15) is 5.69 Å². The molecular formula is C17H17F2N3O3. The molecule has 6 nitrogen and oxygen atoms in total. The fourth-order valence-corrected chi connectivity index (χ4v) is 3.08. The lowest BCUT2D eigenvalue weighted by Gasteiger charge is -2.10. The van der Waals surface area contributed by atoms with Crippen molar-refractivity contribution in [2.45, 2.75) is 38.6 Å². The number of rotatable bonds is 5. The van der Waals surface area contributed by atoms with Gasteiger partial charge in [-0.2, -0.15) is 5.10 Å². The number of aromatic nitrogens is 2. The van der Waals surface area contributed by atoms with Gasteiger partial charge in [0.15, 0.2) is 17.3 Å². The summed E-state index contributed by atoms with van der Waals surface area (Å²) in [6, 6.07) is 3.23. The van der Waals surface area contributed by atoms with Crippen LogP contribution < -0.4 is 5.32 Å². The smallest absolute Gasteiger partial charge is 0.305 e. The zero-order valence-electron chi connectivity index (χ0n) is 13.6. The monoisotopic (exact) mass is 349 g/mol. The molecule has 8 heteroatoms. The van der Waals surface area contributed by atoms with Gasteiger partial charge in [-0.25, -0.2) is 13.5 Å². The van der Waals surface area contributed by atoms with Crippen LogP contribution in [-0.2, 0) is 17.6 Å². The van der Waals surface area contributed by atoms with Gasteiger partial charge in [-0.05, 0) is 38.3 Å². The summed E-state index contributed by atoms with van der Waals surface area (Å²) in [6.07, 6.45) is 1.79. The molecule has 132 valence electrons. The van der Waals surface area contributed by atoms with Gasteiger partial charge in [0.25, 0.3) is 5.91 Å². The van der Waals surface area contributed by atoms with Crippen molar-refractivity contribution >= 4 is 11.9 Å². The molecule has 0 saturated carbocycles. The Hall–Kier alpha value is -2.77. The SMILES string of the molecule is CC(CC(=O)O)NC(=O)c1nn(-c2cccc(F)c2F)c2c1CCC2. The molecule has 0 bridgehead atoms. The van der Waals surface area contributed by atoms with Gasteiger partial charge in [0, 0.05) is 17.3 Å². The van der Waals surface area contributed by atoms with Gasteiger partial charge in [0.05, 0.1) is 6.42 Å². The van der Waals surface area contributed by atoms with E-state index in [0.29, 0.717) is 24.1 Å². The van der Waals surface area contributed by atoms with Gasteiger partial charge in [-0.15, -0.1) is 0 Å². The highest BCUT2D eigenvalue weighted by Gasteiger charge is 2.29. The minimum absolute atomic E-state index is 0.0456. The minimum atomic E-state index is -1.02. The van der Waals surface area contributed by atoms with Crippen LogP contribution in [0.5, 0.6) is 0 Å². The molecule has 0 saturated heterocycles. The Bertz CT molecular complexity index is 848. The van der Waals surface area contributed by atoms with Crippen LogP contribution in [0.3, 0.4) is 0 Å². The van der Waals surface area contributed by atoms with Crippen molar-refractivity contribution in [2.24, 2.45) is 0 Å². The highest BCUT2D eigenvalue weighted by molar-refractivity contribution is 5.94. The topological polar surface area (TPSA) is 84.2 Å². The summed E-state index contributed by atoms with van der Waals surface area (Å²) in [4.78, 5) is 23.2. The molecular weight excluding hydrogens is 332 g/mol. The van der Waals surface area contributed by atoms with E-state index in [9.17, 15) is 18.4 Å². The van der Waals surface area contributed by atoms with Crippen LogP contribution >= 0.6 is 0 Å². The number of nitrogens with one attached hydrogen (secondary N) is 1. The van der Waals surface area contributed by atoms with Crippen LogP contribution in [0.2, 0.25) is 0 Å². The van der Waals surface area contributed by atoms with Crippen LogP contribution in [0.1, 0.15) is 41.5 Å². The predicted molar refractivity (Wildman–Crippen MR) is 84.7 cm³/mol. The molecule has 1 heterocycles. The van der Waals surface area contributed by atoms with E-state index in [-0.39, 0.29) is 17.8 Å². The first kappa shape index (κ1) is 17.1. The second kappa shape index (κ2) is 6.62. The Morgan fingerprint density at radius 1 is 1.36 bits per heavy atom. The van der Waals surface area contributed by atoms with Gasteiger partial charge >= 0.3 is 5.97 Å². The van der Waals surface area contributed by atoms with Gasteiger partial charge < -0.3 is 10.4 Å². The Morgan fingerprint density at radius 3 is 2.84 bits per heavy atom. The molecule has 1 amide bonds. The standard InChI is InChI=1S/C17H17F2N3O3/c1-9(8-14(23)24)20-17(25)16-10-4-2-6-12(10)22(21-16)13-7-3-5-11(18)15(13)19/h3,5,7,9H,2,4,6,8H2,1H3,(H,20,25)(H,23,24). The normalized spacial score (nSPS) is 14.2. The van der Waals surface area contributed by atoms with Crippen molar-refractivity contribution in [1.82, 2.24) is 15.1 Å². The van der Waals surface area contributed by atoms with E-state index >= 15 is 0 Å². The molecule has 3 rings (SSSR count). The van der Waals surface area contributed by atoms with E-state index in [0.717, 1.165) is 12.5 Å². The number of nitrogens with zero attached hydrogens (tertiary/aromatic N) is 2. The van der Waals surface area contributed by atoms with E-state index in [1.165, 1.54) is 16.8 Å². The van der Waals surface area contributed by atoms with Gasteiger partial charge in [-0.1, -0.05) is 6.07 Å². The highest BCUT2D eigenvalue weighted by Crippen LogP contribution is 2.29. The molecule has 1 aromatic carbocycles. The minimum Gasteiger partial charge on any atom is -0.481 e. The summed E-state index contributed by atoms with van der Waals surface area (Å²) < 4.78 is 28.9. The van der Waals surface area contributed by atoms with E-state index in [1.54, 1.807) is 6.92 Å². The quantitative estimate of drug-likeness (QED) is 0.867. The van der Waals surface area contributed by atoms with Crippen molar-refractivity contribution in [2.75, 3.05) is 0 Å². The zero-order valence-corrected chi connectivity index (χ0v) is 13.6. The van der Waals surface area contributed by atoms with Crippen molar-refractivity contribution in [3.8, 4) is 5.69 Å². The van der Waals surface area contributed by atoms with Crippen molar-refractivity contribution < 1.29 is 23.5 Å². The Morgan fingerprint density at radius 2 is 2.12 bits per heavy atom. The van der Waals surface area contributed by atoms with Crippen LogP contribution in [0.15, 0.2) is 18.2 Å². The number of halogens is 2. The first-order chi connectivity index (χ1) is 11.9. The highest BCUT2D eigenvalue weighted by atomic mass is 19.2. The fraction of sp³-hybridized carbons (Fsp3) is 0.353. The summed E-state index contributed by atoms with van der Waals surface area (Å²) in [7, 11) is 0. The number of amides is 1. The van der Waals surface area contributed by atoms with Crippen LogP contribution in [0.25, 0.3) is 5.69 Å². The number of aliphatic carboxylic acids is 1. The maximum absolute atomic E-state index is 14.1. The third kappa shape index (κ3) is 3.24. The van der Waals surface area contributed by atoms with Crippen LogP contribution in [0, 0.1) is 11.6 Å². The van der Waals surface area contributed by atoms with E-state index < -0.39 is 29.6 Å². The number of carboxylic acids is 1. The average Bonchev–Trinajstić information content (AvgIpc) is 3.11. The van der Waals surface area contributed by atoms with E-state index in [2.05, 4.69) is 10.4 Å². The first-order valence-corrected chi connectivity index (χ1v) is 7.96. The molecule has 1 aliphatic rings. The number of benzene rings is 1. The van der Waals surface area contributed by atoms with Crippen molar-refractivity contribution in [1.29, 1.82) is 0 Å². The van der Waals surface area contributed by atoms with Crippen molar-refractivity contribution in [3.63, 3.8) is 0 Å². The van der Waals surface area contributed by atoms with E-state index in [1.807, 2.05) is 0 Å². The number of carboxylic acid groups (broad SMARTS) is 1. The molecule has 0 radical (unpaired) electrons. The second-order valence-electron chi connectivity index (χ2n) is 6.08. The lowest BCUT2D eigenvalue weighted by Crippen LogP contribution is -2.35. The summed E-state index contributed by atoms with van der Waals surface area (Å²) in [5, 5.41) is 15.6. The molecule has 1 aliphatic carbocycles. The Kier molecular flexibility index (Phi) is 4.52. The largest absolute Gasteiger partial charge is 0.481 e. The number of hydrogen-bond donors (Lipinski definition) is 2. The van der Waals surface area contributed by atoms with Gasteiger partial charge in [0.2, 0.25) is 0 Å². The Balaban J connectivity index is 1.96. The lowest BCUT2D eigenvalue weighted by molar-refractivity contribution is -0.137. The molecule has 2 aromatic rings. The number of carbonyl (C=O) groups excluding carboxylic acids is 1. The average molecular weight is 349 g/mol. The predicted octanol–water partition coefficient (Wildman–Crippen LogP) is 2.23. The summed E-state index contributed by atoms with van der Waals surface area (Å²) in [6.45, 7) is 1.58. The lowest BCUT2D eigenvalue weighted by atomic mass is 10.1. The third-order valence-electron chi connectivity index (χ3n) is 4.16. The van der Waals surface area contributed by atoms with Gasteiger partial charge in [-0.3, -0.25) is 9.59 Å². The molecule has 0 fully saturated rings. The molecule has 0 aliphatic heterocycles. The summed E-state index contributed by atoms with van der Waals surface area (Å²) in [5.41, 5.74) is 1.47. The number of carbonyl (C=O) groups is 2. The molecule has 2 N–H and O–H groups in total. The molecule has 1 atom stereocenters. The molecule has 1 aromatic heterocycles. The van der Waals surface area contributed by atoms with Crippen LogP contribution in [-0.4, -0.2) is 32.8 Å². The first-order valence-electron chi connectivity index (χ1n) is 7.96.